The molecule has 1 heterocycles. The molecule has 120 valence electrons. The van der Waals surface area contributed by atoms with Gasteiger partial charge >= 0.3 is 0 Å². The molecule has 2 aromatic rings. The Labute approximate surface area is 134 Å². The van der Waals surface area contributed by atoms with E-state index < -0.39 is 15.9 Å². The van der Waals surface area contributed by atoms with Crippen LogP contribution in [0.1, 0.15) is 23.3 Å². The highest BCUT2D eigenvalue weighted by Gasteiger charge is 2.24. The van der Waals surface area contributed by atoms with Crippen LogP contribution >= 0.6 is 0 Å². The highest BCUT2D eigenvalue weighted by molar-refractivity contribution is 7.89. The zero-order valence-corrected chi connectivity index (χ0v) is 13.1. The minimum absolute atomic E-state index is 0.177. The Hall–Kier alpha value is -2.32. The summed E-state index contributed by atoms with van der Waals surface area (Å²) in [4.78, 5) is 19.8. The molecule has 1 saturated carbocycles. The number of carbonyl (C=O) groups excluding carboxylic acids is 1. The van der Waals surface area contributed by atoms with Crippen molar-refractivity contribution in [2.45, 2.75) is 17.7 Å². The van der Waals surface area contributed by atoms with Gasteiger partial charge in [0.15, 0.2) is 0 Å². The first kappa shape index (κ1) is 15.6. The van der Waals surface area contributed by atoms with Crippen LogP contribution in [-0.4, -0.2) is 30.8 Å². The molecule has 23 heavy (non-hydrogen) atoms. The first-order valence-corrected chi connectivity index (χ1v) is 8.70. The minimum Gasteiger partial charge on any atom is -0.321 e. The second-order valence-electron chi connectivity index (χ2n) is 5.36. The quantitative estimate of drug-likeness (QED) is 0.833. The molecule has 8 heteroatoms. The van der Waals surface area contributed by atoms with Gasteiger partial charge in [0.1, 0.15) is 5.69 Å². The van der Waals surface area contributed by atoms with Crippen molar-refractivity contribution in [2.75, 3.05) is 11.9 Å². The average Bonchev–Trinajstić information content (AvgIpc) is 3.39. The standard InChI is InChI=1S/C15H16N4O3S/c20-15(14-10-16-7-8-17-14)19-12-3-5-13(6-4-12)23(21,22)18-9-11-1-2-11/h3-8,10-11,18H,1-2,9H2,(H,19,20). The molecule has 0 aliphatic heterocycles. The Morgan fingerprint density at radius 2 is 1.91 bits per heavy atom. The van der Waals surface area contributed by atoms with Crippen LogP contribution < -0.4 is 10.0 Å². The van der Waals surface area contributed by atoms with Crippen LogP contribution in [0, 0.1) is 5.92 Å². The van der Waals surface area contributed by atoms with Crippen molar-refractivity contribution < 1.29 is 13.2 Å². The molecule has 1 fully saturated rings. The maximum absolute atomic E-state index is 12.1. The Morgan fingerprint density at radius 1 is 1.17 bits per heavy atom. The van der Waals surface area contributed by atoms with Crippen molar-refractivity contribution in [3.8, 4) is 0 Å². The van der Waals surface area contributed by atoms with Crippen LogP contribution in [-0.2, 0) is 10.0 Å². The number of nitrogens with one attached hydrogen (secondary N) is 2. The first-order valence-electron chi connectivity index (χ1n) is 7.22. The molecule has 0 bridgehead atoms. The van der Waals surface area contributed by atoms with E-state index in [1.165, 1.54) is 30.7 Å². The van der Waals surface area contributed by atoms with E-state index in [9.17, 15) is 13.2 Å². The van der Waals surface area contributed by atoms with Gasteiger partial charge in [-0.2, -0.15) is 0 Å². The average molecular weight is 332 g/mol. The summed E-state index contributed by atoms with van der Waals surface area (Å²) >= 11 is 0. The molecule has 2 N–H and O–H groups in total. The molecule has 3 rings (SSSR count). The summed E-state index contributed by atoms with van der Waals surface area (Å²) in [5, 5.41) is 2.64. The summed E-state index contributed by atoms with van der Waals surface area (Å²) < 4.78 is 26.8. The van der Waals surface area contributed by atoms with E-state index in [2.05, 4.69) is 20.0 Å². The molecular formula is C15H16N4O3S. The molecule has 1 aromatic carbocycles. The number of aromatic nitrogens is 2. The summed E-state index contributed by atoms with van der Waals surface area (Å²) in [6.45, 7) is 0.480. The van der Waals surface area contributed by atoms with Crippen LogP contribution in [0.15, 0.2) is 47.8 Å². The lowest BCUT2D eigenvalue weighted by molar-refractivity contribution is 0.102. The summed E-state index contributed by atoms with van der Waals surface area (Å²) in [5.41, 5.74) is 0.678. The molecule has 0 spiro atoms. The predicted octanol–water partition coefficient (Wildman–Crippen LogP) is 1.42. The van der Waals surface area contributed by atoms with Gasteiger partial charge in [-0.15, -0.1) is 0 Å². The van der Waals surface area contributed by atoms with Crippen LogP contribution in [0.4, 0.5) is 5.69 Å². The molecule has 0 saturated heterocycles. The Morgan fingerprint density at radius 3 is 2.52 bits per heavy atom. The van der Waals surface area contributed by atoms with Gasteiger partial charge in [-0.1, -0.05) is 0 Å². The monoisotopic (exact) mass is 332 g/mol. The maximum atomic E-state index is 12.1. The van der Waals surface area contributed by atoms with Gasteiger partial charge in [0.05, 0.1) is 11.1 Å². The Bertz CT molecular complexity index is 787. The molecule has 0 unspecified atom stereocenters. The van der Waals surface area contributed by atoms with Crippen molar-refractivity contribution >= 4 is 21.6 Å². The topological polar surface area (TPSA) is 101 Å². The van der Waals surface area contributed by atoms with E-state index in [4.69, 9.17) is 0 Å². The lowest BCUT2D eigenvalue weighted by atomic mass is 10.3. The Kier molecular flexibility index (Phi) is 4.35. The Balaban J connectivity index is 1.65. The number of nitrogens with zero attached hydrogens (tertiary/aromatic N) is 2. The van der Waals surface area contributed by atoms with Crippen LogP contribution in [0.5, 0.6) is 0 Å². The predicted molar refractivity (Wildman–Crippen MR) is 84.3 cm³/mol. The van der Waals surface area contributed by atoms with E-state index in [1.54, 1.807) is 12.1 Å². The van der Waals surface area contributed by atoms with Gasteiger partial charge in [0.2, 0.25) is 10.0 Å². The van der Waals surface area contributed by atoms with Crippen LogP contribution in [0.3, 0.4) is 0 Å². The number of benzene rings is 1. The summed E-state index contributed by atoms with van der Waals surface area (Å²) in [5.74, 6) is 0.0656. The number of amides is 1. The molecule has 1 aliphatic rings. The van der Waals surface area contributed by atoms with Gasteiger partial charge in [-0.05, 0) is 43.0 Å². The maximum Gasteiger partial charge on any atom is 0.275 e. The number of anilines is 1. The van der Waals surface area contributed by atoms with Crippen molar-refractivity contribution in [1.82, 2.24) is 14.7 Å². The SMILES string of the molecule is O=C(Nc1ccc(S(=O)(=O)NCC2CC2)cc1)c1cnccn1. The molecule has 0 radical (unpaired) electrons. The number of hydrogen-bond acceptors (Lipinski definition) is 5. The van der Waals surface area contributed by atoms with E-state index >= 15 is 0 Å². The zero-order chi connectivity index (χ0) is 16.3. The third kappa shape index (κ3) is 4.11. The number of rotatable bonds is 6. The van der Waals surface area contributed by atoms with E-state index in [0.29, 0.717) is 18.2 Å². The van der Waals surface area contributed by atoms with E-state index in [1.807, 2.05) is 0 Å². The normalized spacial score (nSPS) is 14.4. The van der Waals surface area contributed by atoms with Gasteiger partial charge in [-0.25, -0.2) is 18.1 Å². The molecule has 0 atom stereocenters. The summed E-state index contributed by atoms with van der Waals surface area (Å²) in [6, 6.07) is 6.00. The third-order valence-electron chi connectivity index (χ3n) is 3.48. The van der Waals surface area contributed by atoms with Crippen molar-refractivity contribution in [1.29, 1.82) is 0 Å². The fourth-order valence-electron chi connectivity index (χ4n) is 1.96. The second kappa shape index (κ2) is 6.43. The van der Waals surface area contributed by atoms with E-state index in [-0.39, 0.29) is 10.6 Å². The molecule has 1 aromatic heterocycles. The van der Waals surface area contributed by atoms with Gasteiger partial charge in [0.25, 0.3) is 5.91 Å². The largest absolute Gasteiger partial charge is 0.321 e. The smallest absolute Gasteiger partial charge is 0.275 e. The highest BCUT2D eigenvalue weighted by atomic mass is 32.2. The number of carbonyl (C=O) groups is 1. The lowest BCUT2D eigenvalue weighted by Gasteiger charge is -2.08. The minimum atomic E-state index is -3.50. The third-order valence-corrected chi connectivity index (χ3v) is 4.92. The molecule has 1 aliphatic carbocycles. The van der Waals surface area contributed by atoms with Crippen molar-refractivity contribution in [3.05, 3.63) is 48.5 Å². The lowest BCUT2D eigenvalue weighted by Crippen LogP contribution is -2.25. The van der Waals surface area contributed by atoms with Crippen LogP contribution in [0.25, 0.3) is 0 Å². The van der Waals surface area contributed by atoms with Gasteiger partial charge in [-0.3, -0.25) is 9.78 Å². The van der Waals surface area contributed by atoms with E-state index in [0.717, 1.165) is 12.8 Å². The van der Waals surface area contributed by atoms with Crippen molar-refractivity contribution in [2.24, 2.45) is 5.92 Å². The summed E-state index contributed by atoms with van der Waals surface area (Å²) in [7, 11) is -3.50. The zero-order valence-electron chi connectivity index (χ0n) is 12.3. The van der Waals surface area contributed by atoms with Crippen LogP contribution in [0.2, 0.25) is 0 Å². The highest BCUT2D eigenvalue weighted by Crippen LogP contribution is 2.28. The number of sulfonamides is 1. The second-order valence-corrected chi connectivity index (χ2v) is 7.13. The molecule has 7 nitrogen and oxygen atoms in total. The molecular weight excluding hydrogens is 316 g/mol. The fraction of sp³-hybridized carbons (Fsp3) is 0.267. The number of hydrogen-bond donors (Lipinski definition) is 2. The first-order chi connectivity index (χ1) is 11.0. The van der Waals surface area contributed by atoms with Gasteiger partial charge < -0.3 is 5.32 Å². The van der Waals surface area contributed by atoms with Gasteiger partial charge in [0, 0.05) is 24.6 Å². The molecule has 1 amide bonds. The fourth-order valence-corrected chi connectivity index (χ4v) is 3.08. The van der Waals surface area contributed by atoms with Crippen molar-refractivity contribution in [3.63, 3.8) is 0 Å². The summed E-state index contributed by atoms with van der Waals surface area (Å²) in [6.07, 6.45) is 6.42.